The molecule has 0 spiro atoms. The zero-order chi connectivity index (χ0) is 14.7. The molecule has 0 unspecified atom stereocenters. The van der Waals surface area contributed by atoms with Crippen LogP contribution in [0, 0.1) is 21.9 Å². The van der Waals surface area contributed by atoms with Crippen molar-refractivity contribution in [3.05, 3.63) is 0 Å². The smallest absolute Gasteiger partial charge is 0.00788 e. The van der Waals surface area contributed by atoms with E-state index in [2.05, 4.69) is 6.72 Å². The van der Waals surface area contributed by atoms with Crippen LogP contribution in [-0.4, -0.2) is 12.9 Å². The van der Waals surface area contributed by atoms with Gasteiger partial charge in [-0.25, -0.2) is 11.1 Å². The van der Waals surface area contributed by atoms with Crippen LogP contribution in [0.2, 0.25) is 0 Å². The highest BCUT2D eigenvalue weighted by Gasteiger charge is 1.17. The van der Waals surface area contributed by atoms with Crippen LogP contribution < -0.4 is 6.15 Å². The van der Waals surface area contributed by atoms with Gasteiger partial charge in [-0.3, -0.25) is 0 Å². The first kappa shape index (κ1) is 60.5. The molecule has 0 fully saturated rings. The van der Waals surface area contributed by atoms with E-state index in [1.807, 2.05) is 55.4 Å². The van der Waals surface area contributed by atoms with Crippen molar-refractivity contribution in [3.63, 3.8) is 0 Å². The minimum absolute atomic E-state index is 0. The molecule has 0 amide bonds. The first-order chi connectivity index (χ1) is 7.41. The van der Waals surface area contributed by atoms with Gasteiger partial charge in [0.25, 0.3) is 0 Å². The largest absolute Gasteiger partial charge is 0.344 e. The van der Waals surface area contributed by atoms with Crippen molar-refractivity contribution >= 4 is 12.9 Å². The Labute approximate surface area is 104 Å². The van der Waals surface area contributed by atoms with Crippen LogP contribution in [0.1, 0.15) is 62.3 Å². The average molecular weight is 239 g/mol. The summed E-state index contributed by atoms with van der Waals surface area (Å²) in [7, 11) is 0. The summed E-state index contributed by atoms with van der Waals surface area (Å²) in [5.74, 6) is 0. The lowest BCUT2D eigenvalue weighted by atomic mass is 10.9. The zero-order valence-electron chi connectivity index (χ0n) is 13.0. The lowest BCUT2D eigenvalue weighted by Gasteiger charge is -1.30. The van der Waals surface area contributed by atoms with Crippen LogP contribution in [-0.2, 0) is 0 Å². The Kier molecular flexibility index (Phi) is 874000. The second-order valence-electron chi connectivity index (χ2n) is 0.289. The summed E-state index contributed by atoms with van der Waals surface area (Å²) in [6.07, 6.45) is 1.25. The first-order valence-corrected chi connectivity index (χ1v) is 5.47. The van der Waals surface area contributed by atoms with Crippen molar-refractivity contribution in [2.24, 2.45) is 0 Å². The maximum Gasteiger partial charge on any atom is -0.00788 e. The quantitative estimate of drug-likeness (QED) is 0.266. The molecule has 0 radical (unpaired) electrons. The lowest BCUT2D eigenvalue weighted by Crippen LogP contribution is -1.32. The number of hydrogen-bond donors (Lipinski definition) is 5. The van der Waals surface area contributed by atoms with Crippen LogP contribution in [0.3, 0.4) is 0 Å². The van der Waals surface area contributed by atoms with E-state index in [0.29, 0.717) is 0 Å². The van der Waals surface area contributed by atoms with Gasteiger partial charge in [0.2, 0.25) is 0 Å². The molecule has 106 valence electrons. The van der Waals surface area contributed by atoms with Crippen molar-refractivity contribution in [3.8, 4) is 0 Å². The van der Waals surface area contributed by atoms with E-state index in [1.54, 1.807) is 6.92 Å². The predicted molar refractivity (Wildman–Crippen MR) is 80.2 cm³/mol. The molecule has 0 rings (SSSR count). The fourth-order valence-corrected chi connectivity index (χ4v) is 0. The van der Waals surface area contributed by atoms with Crippen molar-refractivity contribution < 1.29 is 0 Å². The van der Waals surface area contributed by atoms with Crippen LogP contribution in [0.4, 0.5) is 0 Å². The highest BCUT2D eigenvalue weighted by atomic mass is 14.7. The summed E-state index contributed by atoms with van der Waals surface area (Å²) in [6, 6.07) is 0. The Morgan fingerprint density at radius 3 is 0.688 bits per heavy atom. The van der Waals surface area contributed by atoms with E-state index in [-0.39, 0.29) is 6.15 Å². The molecular formula is C11H37N5. The molecule has 0 aromatic heterocycles. The minimum Gasteiger partial charge on any atom is -0.344 e. The van der Waals surface area contributed by atoms with Crippen molar-refractivity contribution in [1.29, 1.82) is 21.9 Å². The van der Waals surface area contributed by atoms with Gasteiger partial charge in [-0.15, -0.1) is 0 Å². The van der Waals surface area contributed by atoms with E-state index in [4.69, 9.17) is 21.9 Å². The molecule has 0 aliphatic heterocycles. The Morgan fingerprint density at radius 2 is 0.688 bits per heavy atom. The third kappa shape index (κ3) is 1510. The zero-order valence-corrected chi connectivity index (χ0v) is 13.0. The third-order valence-corrected chi connectivity index (χ3v) is 0. The second kappa shape index (κ2) is 231000. The standard InChI is InChI=1S/C2H5N.4C2H6.CH3N.H2N2.H3N/c1-2-3;6*1-2;/h2-3H,1H3;4*1-2H3;2H,1H2;1-2H;1H3. The molecule has 0 saturated carbocycles. The third-order valence-electron chi connectivity index (χ3n) is 0. The molecule has 5 heteroatoms. The molecule has 16 heavy (non-hydrogen) atoms. The Morgan fingerprint density at radius 1 is 0.688 bits per heavy atom. The Bertz CT molecular complexity index is 33.6. The summed E-state index contributed by atoms with van der Waals surface area (Å²) < 4.78 is 0. The minimum atomic E-state index is 0. The SMILES string of the molecule is C=N.CC.CC.CC.CC.CC=N.N.N=N. The summed E-state index contributed by atoms with van der Waals surface area (Å²) in [5.41, 5.74) is 10.0. The molecule has 0 bridgehead atoms. The van der Waals surface area contributed by atoms with Gasteiger partial charge in [0.05, 0.1) is 0 Å². The molecule has 0 aliphatic rings. The highest BCUT2D eigenvalue weighted by Crippen LogP contribution is 1.17. The highest BCUT2D eigenvalue weighted by molar-refractivity contribution is 5.48. The molecule has 0 aromatic carbocycles. The maximum atomic E-state index is 6.08. The fraction of sp³-hybridized carbons (Fsp3) is 0.818. The van der Waals surface area contributed by atoms with Crippen LogP contribution in [0.25, 0.3) is 0 Å². The maximum absolute atomic E-state index is 6.08. The molecular weight excluding hydrogens is 202 g/mol. The Hall–Kier alpha value is -1.10. The van der Waals surface area contributed by atoms with Gasteiger partial charge in [0.1, 0.15) is 0 Å². The van der Waals surface area contributed by atoms with Crippen molar-refractivity contribution in [2.45, 2.75) is 62.3 Å². The topological polar surface area (TPSA) is 130 Å². The lowest BCUT2D eigenvalue weighted by molar-refractivity contribution is 1.05. The Balaban J connectivity index is -0.00000000777. The monoisotopic (exact) mass is 239 g/mol. The van der Waals surface area contributed by atoms with Crippen LogP contribution in [0.15, 0.2) is 0 Å². The average Bonchev–Trinajstić information content (AvgIpc) is 2.44. The van der Waals surface area contributed by atoms with E-state index in [1.165, 1.54) is 6.21 Å². The van der Waals surface area contributed by atoms with Gasteiger partial charge in [-0.05, 0) is 19.9 Å². The number of nitrogens with one attached hydrogen (secondary N) is 4. The molecule has 0 aromatic rings. The van der Waals surface area contributed by atoms with E-state index < -0.39 is 0 Å². The van der Waals surface area contributed by atoms with Gasteiger partial charge >= 0.3 is 0 Å². The first-order valence-electron chi connectivity index (χ1n) is 5.47. The summed E-state index contributed by atoms with van der Waals surface area (Å²) in [4.78, 5) is 0. The van der Waals surface area contributed by atoms with Gasteiger partial charge < -0.3 is 17.0 Å². The van der Waals surface area contributed by atoms with Gasteiger partial charge in [0, 0.05) is 0 Å². The fourth-order valence-electron chi connectivity index (χ4n) is 0. The number of hydrogen-bond acceptors (Lipinski definition) is 5. The molecule has 0 aliphatic carbocycles. The van der Waals surface area contributed by atoms with Gasteiger partial charge in [-0.2, -0.15) is 0 Å². The van der Waals surface area contributed by atoms with Gasteiger partial charge in [0.15, 0.2) is 0 Å². The van der Waals surface area contributed by atoms with Crippen LogP contribution >= 0.6 is 0 Å². The predicted octanol–water partition coefficient (Wildman–Crippen LogP) is 5.78. The summed E-state index contributed by atoms with van der Waals surface area (Å²) in [5, 5.41) is 11.6. The van der Waals surface area contributed by atoms with Gasteiger partial charge in [-0.1, -0.05) is 55.4 Å². The summed E-state index contributed by atoms with van der Waals surface area (Å²) >= 11 is 0. The van der Waals surface area contributed by atoms with E-state index >= 15 is 0 Å². The van der Waals surface area contributed by atoms with E-state index in [0.717, 1.165) is 0 Å². The molecule has 0 heterocycles. The van der Waals surface area contributed by atoms with E-state index in [9.17, 15) is 0 Å². The van der Waals surface area contributed by atoms with Crippen molar-refractivity contribution in [1.82, 2.24) is 6.15 Å². The number of rotatable bonds is 0. The summed E-state index contributed by atoms with van der Waals surface area (Å²) in [6.45, 7) is 20.2. The molecule has 0 saturated heterocycles. The molecule has 7 N–H and O–H groups in total. The molecule has 5 nitrogen and oxygen atoms in total. The molecule has 0 atom stereocenters. The normalized spacial score (nSPS) is 2.81. The van der Waals surface area contributed by atoms with Crippen LogP contribution in [0.5, 0.6) is 0 Å². The second-order valence-corrected chi connectivity index (χ2v) is 0.289. The van der Waals surface area contributed by atoms with Crippen molar-refractivity contribution in [2.75, 3.05) is 0 Å².